The van der Waals surface area contributed by atoms with Crippen molar-refractivity contribution in [1.29, 1.82) is 0 Å². The largest absolute Gasteiger partial charge is 0.494 e. The van der Waals surface area contributed by atoms with Gasteiger partial charge in [-0.25, -0.2) is 9.97 Å². The van der Waals surface area contributed by atoms with Crippen LogP contribution < -0.4 is 19.9 Å². The maximum absolute atomic E-state index is 13.3. The van der Waals surface area contributed by atoms with Gasteiger partial charge >= 0.3 is 0 Å². The van der Waals surface area contributed by atoms with Gasteiger partial charge in [-0.1, -0.05) is 12.8 Å². The van der Waals surface area contributed by atoms with Crippen LogP contribution in [0.15, 0.2) is 36.9 Å². The number of benzene rings is 1. The zero-order valence-corrected chi connectivity index (χ0v) is 20.2. The lowest BCUT2D eigenvalue weighted by molar-refractivity contribution is -0.120. The molecule has 0 bridgehead atoms. The van der Waals surface area contributed by atoms with Crippen molar-refractivity contribution < 1.29 is 9.53 Å². The van der Waals surface area contributed by atoms with Crippen molar-refractivity contribution >= 4 is 29.0 Å². The summed E-state index contributed by atoms with van der Waals surface area (Å²) >= 11 is 0. The summed E-state index contributed by atoms with van der Waals surface area (Å²) in [7, 11) is 1.65. The molecular weight excluding hydrogens is 430 g/mol. The molecule has 34 heavy (non-hydrogen) atoms. The second-order valence-corrected chi connectivity index (χ2v) is 9.20. The van der Waals surface area contributed by atoms with Crippen molar-refractivity contribution in [1.82, 2.24) is 19.5 Å². The number of hydrogen-bond acceptors (Lipinski definition) is 7. The summed E-state index contributed by atoms with van der Waals surface area (Å²) in [6.45, 7) is 6.86. The lowest BCUT2D eigenvalue weighted by Gasteiger charge is -2.42. The predicted molar refractivity (Wildman–Crippen MR) is 132 cm³/mol. The topological polar surface area (TPSA) is 88.4 Å². The zero-order valence-electron chi connectivity index (χ0n) is 20.2. The first-order valence-corrected chi connectivity index (χ1v) is 11.9. The minimum absolute atomic E-state index is 0.0441. The van der Waals surface area contributed by atoms with Crippen molar-refractivity contribution in [3.8, 4) is 11.4 Å². The summed E-state index contributed by atoms with van der Waals surface area (Å²) in [5, 5.41) is 3.32. The van der Waals surface area contributed by atoms with Crippen molar-refractivity contribution in [3.63, 3.8) is 0 Å². The van der Waals surface area contributed by atoms with E-state index in [4.69, 9.17) is 9.72 Å². The molecule has 0 radical (unpaired) electrons. The van der Waals surface area contributed by atoms with E-state index in [1.54, 1.807) is 19.6 Å². The fourth-order valence-electron chi connectivity index (χ4n) is 4.89. The molecule has 2 aliphatic heterocycles. The van der Waals surface area contributed by atoms with Crippen LogP contribution in [-0.4, -0.2) is 51.2 Å². The van der Waals surface area contributed by atoms with Crippen LogP contribution in [0.3, 0.4) is 0 Å². The molecule has 9 nitrogen and oxygen atoms in total. The molecule has 9 heteroatoms. The Morgan fingerprint density at radius 3 is 2.74 bits per heavy atom. The molecule has 1 fully saturated rings. The highest BCUT2D eigenvalue weighted by Gasteiger charge is 2.41. The van der Waals surface area contributed by atoms with E-state index in [2.05, 4.69) is 20.2 Å². The monoisotopic (exact) mass is 461 g/mol. The Kier molecular flexibility index (Phi) is 5.85. The molecule has 3 aromatic rings. The van der Waals surface area contributed by atoms with E-state index >= 15 is 0 Å². The number of aromatic nitrogens is 4. The summed E-state index contributed by atoms with van der Waals surface area (Å²) in [5.41, 5.74) is 3.44. The molecule has 0 aliphatic carbocycles. The normalized spacial score (nSPS) is 17.9. The van der Waals surface area contributed by atoms with Gasteiger partial charge in [0, 0.05) is 30.5 Å². The van der Waals surface area contributed by atoms with Gasteiger partial charge in [0.25, 0.3) is 0 Å². The lowest BCUT2D eigenvalue weighted by atomic mass is 10.0. The van der Waals surface area contributed by atoms with Gasteiger partial charge in [-0.05, 0) is 45.7 Å². The average molecular weight is 462 g/mol. The number of fused-ring (bicyclic) bond motifs is 3. The molecule has 1 aromatic carbocycles. The van der Waals surface area contributed by atoms with Gasteiger partial charge < -0.3 is 24.4 Å². The number of carbonyl (C=O) groups is 1. The van der Waals surface area contributed by atoms with Crippen LogP contribution in [0, 0.1) is 6.92 Å². The Balaban J connectivity index is 1.48. The van der Waals surface area contributed by atoms with Crippen LogP contribution in [0.5, 0.6) is 5.75 Å². The first kappa shape index (κ1) is 22.2. The number of carbonyl (C=O) groups excluding carboxylic acids is 1. The van der Waals surface area contributed by atoms with E-state index in [0.717, 1.165) is 60.8 Å². The van der Waals surface area contributed by atoms with E-state index < -0.39 is 0 Å². The fourth-order valence-corrected chi connectivity index (χ4v) is 4.89. The molecule has 1 N–H and O–H groups in total. The Labute approximate surface area is 199 Å². The van der Waals surface area contributed by atoms with Crippen molar-refractivity contribution in [2.45, 2.75) is 58.5 Å². The van der Waals surface area contributed by atoms with E-state index in [1.807, 2.05) is 54.6 Å². The van der Waals surface area contributed by atoms with E-state index in [0.29, 0.717) is 11.7 Å². The summed E-state index contributed by atoms with van der Waals surface area (Å²) in [6, 6.07) is 5.76. The SMILES string of the molecule is COc1cc(Nc2ncc3c(n2)N2CCCCCC2C(=O)N3C(C)C)ccc1-n1cnc(C)c1. The standard InChI is InChI=1S/C25H31N7O2/c1-16(2)32-21-13-26-25(29-23(21)31-11-7-5-6-8-20(31)24(32)33)28-18-9-10-19(22(12-18)34-4)30-14-17(3)27-15-30/h9-10,12-16,20H,5-8,11H2,1-4H3,(H,26,28,29). The van der Waals surface area contributed by atoms with Gasteiger partial charge in [-0.15, -0.1) is 0 Å². The minimum atomic E-state index is -0.154. The summed E-state index contributed by atoms with van der Waals surface area (Å²) in [5.74, 6) is 2.19. The number of methoxy groups -OCH3 is 1. The van der Waals surface area contributed by atoms with Gasteiger partial charge in [-0.2, -0.15) is 4.98 Å². The Hall–Kier alpha value is -3.62. The van der Waals surface area contributed by atoms with Crippen LogP contribution in [0.1, 0.15) is 45.2 Å². The van der Waals surface area contributed by atoms with Crippen LogP contribution in [0.25, 0.3) is 5.69 Å². The van der Waals surface area contributed by atoms with Crippen molar-refractivity contribution in [2.24, 2.45) is 0 Å². The average Bonchev–Trinajstić information content (AvgIpc) is 3.10. The highest BCUT2D eigenvalue weighted by Crippen LogP contribution is 2.39. The Morgan fingerprint density at radius 1 is 1.15 bits per heavy atom. The molecular formula is C25H31N7O2. The van der Waals surface area contributed by atoms with Crippen molar-refractivity contribution in [2.75, 3.05) is 28.8 Å². The fraction of sp³-hybridized carbons (Fsp3) is 0.440. The van der Waals surface area contributed by atoms with E-state index in [-0.39, 0.29) is 18.0 Å². The number of ether oxygens (including phenoxy) is 1. The second kappa shape index (κ2) is 8.96. The van der Waals surface area contributed by atoms with Crippen molar-refractivity contribution in [3.05, 3.63) is 42.6 Å². The lowest BCUT2D eigenvalue weighted by Crippen LogP contribution is -2.55. The van der Waals surface area contributed by atoms with Crippen LogP contribution in [-0.2, 0) is 4.79 Å². The van der Waals surface area contributed by atoms with Gasteiger partial charge in [0.1, 0.15) is 17.5 Å². The van der Waals surface area contributed by atoms with Crippen LogP contribution in [0.2, 0.25) is 0 Å². The van der Waals surface area contributed by atoms with Gasteiger partial charge in [0.05, 0.1) is 31.0 Å². The number of amides is 1. The third kappa shape index (κ3) is 3.95. The minimum Gasteiger partial charge on any atom is -0.494 e. The first-order chi connectivity index (χ1) is 16.5. The molecule has 5 rings (SSSR count). The molecule has 1 saturated heterocycles. The Morgan fingerprint density at radius 2 is 2.00 bits per heavy atom. The quantitative estimate of drug-likeness (QED) is 0.608. The third-order valence-corrected chi connectivity index (χ3v) is 6.50. The molecule has 1 atom stereocenters. The highest BCUT2D eigenvalue weighted by atomic mass is 16.5. The number of aryl methyl sites for hydroxylation is 1. The number of hydrogen-bond donors (Lipinski definition) is 1. The Bertz CT molecular complexity index is 1210. The smallest absolute Gasteiger partial charge is 0.250 e. The molecule has 1 amide bonds. The zero-order chi connectivity index (χ0) is 23.8. The molecule has 0 spiro atoms. The van der Waals surface area contributed by atoms with Crippen LogP contribution in [0.4, 0.5) is 23.1 Å². The number of nitrogens with one attached hydrogen (secondary N) is 1. The summed E-state index contributed by atoms with van der Waals surface area (Å²) in [4.78, 5) is 31.1. The molecule has 178 valence electrons. The number of imidazole rings is 1. The molecule has 4 heterocycles. The van der Waals surface area contributed by atoms with Gasteiger partial charge in [0.15, 0.2) is 5.82 Å². The van der Waals surface area contributed by atoms with Gasteiger partial charge in [0.2, 0.25) is 11.9 Å². The van der Waals surface area contributed by atoms with E-state index in [1.165, 1.54) is 0 Å². The maximum Gasteiger partial charge on any atom is 0.250 e. The molecule has 2 aromatic heterocycles. The summed E-state index contributed by atoms with van der Waals surface area (Å²) in [6.07, 6.45) is 9.61. The van der Waals surface area contributed by atoms with Crippen LogP contribution >= 0.6 is 0 Å². The van der Waals surface area contributed by atoms with Gasteiger partial charge in [-0.3, -0.25) is 4.79 Å². The second-order valence-electron chi connectivity index (χ2n) is 9.20. The first-order valence-electron chi connectivity index (χ1n) is 11.9. The number of rotatable bonds is 5. The number of anilines is 4. The predicted octanol–water partition coefficient (Wildman–Crippen LogP) is 4.23. The molecule has 2 aliphatic rings. The molecule has 0 saturated carbocycles. The summed E-state index contributed by atoms with van der Waals surface area (Å²) < 4.78 is 7.57. The molecule has 1 unspecified atom stereocenters. The highest BCUT2D eigenvalue weighted by molar-refractivity contribution is 6.05. The third-order valence-electron chi connectivity index (χ3n) is 6.50. The number of nitrogens with zero attached hydrogens (tertiary/aromatic N) is 6. The van der Waals surface area contributed by atoms with E-state index in [9.17, 15) is 4.79 Å². The maximum atomic E-state index is 13.3.